The van der Waals surface area contributed by atoms with Crippen LogP contribution >= 0.6 is 0 Å². The van der Waals surface area contributed by atoms with Crippen LogP contribution in [0.1, 0.15) is 71.4 Å². The number of rotatable bonds is 10. The summed E-state index contributed by atoms with van der Waals surface area (Å²) in [5, 5.41) is 0. The molecule has 0 atom stereocenters. The first-order valence-corrected chi connectivity index (χ1v) is 10.8. The first-order valence-electron chi connectivity index (χ1n) is 10.8. The molecule has 0 heterocycles. The highest BCUT2D eigenvalue weighted by molar-refractivity contribution is 5.93. The number of carbonyl (C=O) groups excluding carboxylic acids is 2. The van der Waals surface area contributed by atoms with Gasteiger partial charge in [-0.25, -0.2) is 9.59 Å². The van der Waals surface area contributed by atoms with Crippen molar-refractivity contribution in [1.82, 2.24) is 0 Å². The van der Waals surface area contributed by atoms with E-state index in [0.717, 1.165) is 25.7 Å². The van der Waals surface area contributed by atoms with Gasteiger partial charge in [0.25, 0.3) is 0 Å². The topological polar surface area (TPSA) is 71.1 Å². The second-order valence-electron chi connectivity index (χ2n) is 7.06. The van der Waals surface area contributed by atoms with E-state index in [2.05, 4.69) is 25.7 Å². The zero-order chi connectivity index (χ0) is 23.3. The molecule has 0 spiro atoms. The van der Waals surface area contributed by atoms with Crippen molar-refractivity contribution in [3.8, 4) is 23.3 Å². The van der Waals surface area contributed by atoms with E-state index in [9.17, 15) is 9.59 Å². The van der Waals surface area contributed by atoms with Gasteiger partial charge in [-0.2, -0.15) is 0 Å². The van der Waals surface area contributed by atoms with Gasteiger partial charge in [-0.05, 0) is 49.2 Å². The summed E-state index contributed by atoms with van der Waals surface area (Å²) in [5.41, 5.74) is 2.11. The Bertz CT molecular complexity index is 906. The number of hydrogen-bond acceptors (Lipinski definition) is 6. The Hall–Kier alpha value is -3.46. The quantitative estimate of drug-likeness (QED) is 0.295. The monoisotopic (exact) mass is 438 g/mol. The third kappa shape index (κ3) is 7.05. The molecule has 0 N–H and O–H groups in total. The summed E-state index contributed by atoms with van der Waals surface area (Å²) in [6.45, 7) is 5.14. The summed E-state index contributed by atoms with van der Waals surface area (Å²) in [5.74, 6) is 6.14. The molecule has 0 aliphatic rings. The molecule has 0 aliphatic heterocycles. The minimum Gasteiger partial charge on any atom is -0.493 e. The minimum absolute atomic E-state index is 0.364. The van der Waals surface area contributed by atoms with Crippen molar-refractivity contribution in [2.24, 2.45) is 0 Å². The zero-order valence-corrected chi connectivity index (χ0v) is 19.2. The third-order valence-electron chi connectivity index (χ3n) is 4.64. The summed E-state index contributed by atoms with van der Waals surface area (Å²) in [6, 6.07) is 10.3. The van der Waals surface area contributed by atoms with Gasteiger partial charge in [-0.1, -0.05) is 38.5 Å². The molecule has 0 bridgehead atoms. The first-order chi connectivity index (χ1) is 15.5. The van der Waals surface area contributed by atoms with Crippen molar-refractivity contribution >= 4 is 11.9 Å². The fourth-order valence-corrected chi connectivity index (χ4v) is 2.79. The van der Waals surface area contributed by atoms with Gasteiger partial charge in [-0.3, -0.25) is 0 Å². The van der Waals surface area contributed by atoms with Gasteiger partial charge in [-0.15, -0.1) is 0 Å². The number of benzene rings is 2. The van der Waals surface area contributed by atoms with E-state index in [-0.39, 0.29) is 0 Å². The predicted octanol–water partition coefficient (Wildman–Crippen LogP) is 5.02. The average Bonchev–Trinajstić information content (AvgIpc) is 2.82. The molecule has 0 saturated carbocycles. The maximum absolute atomic E-state index is 12.0. The van der Waals surface area contributed by atoms with Crippen LogP contribution in [0.15, 0.2) is 36.4 Å². The van der Waals surface area contributed by atoms with E-state index in [1.807, 2.05) is 0 Å². The van der Waals surface area contributed by atoms with Crippen LogP contribution in [-0.4, -0.2) is 39.4 Å². The molecule has 2 aromatic rings. The molecule has 6 heteroatoms. The Kier molecular flexibility index (Phi) is 10.1. The van der Waals surface area contributed by atoms with E-state index in [1.54, 1.807) is 36.4 Å². The molecule has 0 amide bonds. The van der Waals surface area contributed by atoms with Gasteiger partial charge in [0.05, 0.1) is 27.4 Å². The molecule has 170 valence electrons. The fourth-order valence-electron chi connectivity index (χ4n) is 2.79. The van der Waals surface area contributed by atoms with Crippen molar-refractivity contribution in [3.63, 3.8) is 0 Å². The van der Waals surface area contributed by atoms with E-state index >= 15 is 0 Å². The highest BCUT2D eigenvalue weighted by Crippen LogP contribution is 2.23. The minimum atomic E-state index is -0.455. The molecule has 0 aromatic heterocycles. The molecule has 2 aromatic carbocycles. The highest BCUT2D eigenvalue weighted by atomic mass is 16.5. The molecule has 0 saturated heterocycles. The fraction of sp³-hybridized carbons (Fsp3) is 0.385. The van der Waals surface area contributed by atoms with Crippen LogP contribution in [0.2, 0.25) is 0 Å². The van der Waals surface area contributed by atoms with E-state index < -0.39 is 11.9 Å². The third-order valence-corrected chi connectivity index (χ3v) is 4.64. The van der Waals surface area contributed by atoms with Crippen LogP contribution in [0, 0.1) is 11.8 Å². The highest BCUT2D eigenvalue weighted by Gasteiger charge is 2.15. The lowest BCUT2D eigenvalue weighted by Crippen LogP contribution is -2.07. The van der Waals surface area contributed by atoms with E-state index in [0.29, 0.717) is 47.0 Å². The van der Waals surface area contributed by atoms with E-state index in [4.69, 9.17) is 18.9 Å². The summed E-state index contributed by atoms with van der Waals surface area (Å²) in [4.78, 5) is 24.0. The molecule has 6 nitrogen and oxygen atoms in total. The lowest BCUT2D eigenvalue weighted by molar-refractivity contribution is 0.0586. The Morgan fingerprint density at radius 3 is 1.47 bits per heavy atom. The number of methoxy groups -OCH3 is 2. The van der Waals surface area contributed by atoms with Crippen molar-refractivity contribution in [1.29, 1.82) is 0 Å². The normalized spacial score (nSPS) is 10.0. The van der Waals surface area contributed by atoms with Gasteiger partial charge >= 0.3 is 11.9 Å². The number of unbranched alkanes of at least 4 members (excludes halogenated alkanes) is 2. The van der Waals surface area contributed by atoms with Crippen LogP contribution in [0.4, 0.5) is 0 Å². The molecular formula is C26H30O6. The van der Waals surface area contributed by atoms with Crippen LogP contribution < -0.4 is 9.47 Å². The number of ether oxygens (including phenoxy) is 4. The summed E-state index contributed by atoms with van der Waals surface area (Å²) in [6.07, 6.45) is 3.72. The van der Waals surface area contributed by atoms with Crippen molar-refractivity contribution in [2.75, 3.05) is 27.4 Å². The Balaban J connectivity index is 2.32. The number of hydrogen-bond donors (Lipinski definition) is 0. The van der Waals surface area contributed by atoms with Gasteiger partial charge < -0.3 is 18.9 Å². The maximum Gasteiger partial charge on any atom is 0.341 e. The van der Waals surface area contributed by atoms with Gasteiger partial charge in [0.15, 0.2) is 0 Å². The van der Waals surface area contributed by atoms with Gasteiger partial charge in [0, 0.05) is 11.1 Å². The molecule has 0 fully saturated rings. The molecular weight excluding hydrogens is 408 g/mol. The van der Waals surface area contributed by atoms with Crippen LogP contribution in [0.5, 0.6) is 11.5 Å². The van der Waals surface area contributed by atoms with Crippen LogP contribution in [-0.2, 0) is 9.47 Å². The molecule has 0 unspecified atom stereocenters. The summed E-state index contributed by atoms with van der Waals surface area (Å²) >= 11 is 0. The number of esters is 2. The van der Waals surface area contributed by atoms with Crippen molar-refractivity contribution < 1.29 is 28.5 Å². The number of carbonyl (C=O) groups is 2. The molecule has 32 heavy (non-hydrogen) atoms. The first kappa shape index (κ1) is 24.8. The second kappa shape index (κ2) is 13.1. The van der Waals surface area contributed by atoms with Gasteiger partial charge in [0.1, 0.15) is 22.6 Å². The zero-order valence-electron chi connectivity index (χ0n) is 19.2. The lowest BCUT2D eigenvalue weighted by Gasteiger charge is -2.11. The van der Waals surface area contributed by atoms with Crippen LogP contribution in [0.3, 0.4) is 0 Å². The van der Waals surface area contributed by atoms with Gasteiger partial charge in [0.2, 0.25) is 0 Å². The Morgan fingerprint density at radius 1 is 0.719 bits per heavy atom. The predicted molar refractivity (Wildman–Crippen MR) is 122 cm³/mol. The lowest BCUT2D eigenvalue weighted by atomic mass is 10.1. The maximum atomic E-state index is 12.0. The van der Waals surface area contributed by atoms with Crippen molar-refractivity contribution in [2.45, 2.75) is 39.5 Å². The average molecular weight is 439 g/mol. The molecule has 2 rings (SSSR count). The second-order valence-corrected chi connectivity index (χ2v) is 7.06. The Morgan fingerprint density at radius 2 is 1.12 bits per heavy atom. The largest absolute Gasteiger partial charge is 0.493 e. The van der Waals surface area contributed by atoms with Crippen LogP contribution in [0.25, 0.3) is 0 Å². The Labute approximate surface area is 189 Å². The SMILES string of the molecule is CCCCOc1cc(C#Cc2ccc(C(=O)OC)c(OCCCC)c2)ccc1C(=O)OC. The smallest absolute Gasteiger partial charge is 0.341 e. The summed E-state index contributed by atoms with van der Waals surface area (Å²) < 4.78 is 21.2. The molecule has 0 radical (unpaired) electrons. The standard InChI is InChI=1S/C26H30O6/c1-5-7-15-31-23-17-19(11-13-21(23)25(27)29-3)9-10-20-12-14-22(26(28)30-4)24(18-20)32-16-8-6-2/h11-14,17-18H,5-8,15-16H2,1-4H3. The van der Waals surface area contributed by atoms with E-state index in [1.165, 1.54) is 14.2 Å². The summed E-state index contributed by atoms with van der Waals surface area (Å²) in [7, 11) is 2.67. The molecule has 0 aliphatic carbocycles. The van der Waals surface area contributed by atoms with Crippen molar-refractivity contribution in [3.05, 3.63) is 58.7 Å².